The molecule has 0 unspecified atom stereocenters. The molecule has 0 amide bonds. The van der Waals surface area contributed by atoms with E-state index in [1.54, 1.807) is 0 Å². The molecule has 0 N–H and O–H groups in total. The number of rotatable bonds is 4. The lowest BCUT2D eigenvalue weighted by Crippen LogP contribution is -1.82. The first-order valence-corrected chi connectivity index (χ1v) is 29.1. The van der Waals surface area contributed by atoms with Crippen LogP contribution < -0.4 is 0 Å². The molecule has 21 rings (SSSR count). The van der Waals surface area contributed by atoms with Gasteiger partial charge in [0.2, 0.25) is 0 Å². The average molecular weight is 1080 g/mol. The molecule has 0 bridgehead atoms. The number of nitrogens with zero attached hydrogens (tertiary/aromatic N) is 2. The van der Waals surface area contributed by atoms with Crippen molar-refractivity contribution >= 4 is 164 Å². The van der Waals surface area contributed by atoms with Gasteiger partial charge < -0.3 is 26.5 Å². The summed E-state index contributed by atoms with van der Waals surface area (Å²) in [5.74, 6) is 0. The smallest absolute Gasteiger partial charge is 0.160 e. The van der Waals surface area contributed by atoms with Crippen LogP contribution in [0.15, 0.2) is 254 Å². The Morgan fingerprint density at radius 3 is 0.906 bits per heavy atom. The number of aromatic nitrogens is 2. The quantitative estimate of drug-likeness (QED) is 0.176. The normalized spacial score (nSPS) is 12.8. The van der Waals surface area contributed by atoms with Crippen molar-refractivity contribution in [1.82, 2.24) is 8.80 Å². The van der Waals surface area contributed by atoms with E-state index in [0.29, 0.717) is 0 Å². The number of hydrogen-bond acceptors (Lipinski definition) is 4. The van der Waals surface area contributed by atoms with Crippen molar-refractivity contribution in [3.05, 3.63) is 242 Å². The predicted octanol–water partition coefficient (Wildman–Crippen LogP) is 22.6. The molecule has 0 aliphatic rings. The van der Waals surface area contributed by atoms with Crippen molar-refractivity contribution < 1.29 is 17.7 Å². The van der Waals surface area contributed by atoms with Crippen LogP contribution in [0.5, 0.6) is 0 Å². The van der Waals surface area contributed by atoms with E-state index < -0.39 is 0 Å². The van der Waals surface area contributed by atoms with Gasteiger partial charge in [0.05, 0.1) is 33.1 Å². The van der Waals surface area contributed by atoms with E-state index in [1.807, 2.05) is 12.1 Å². The maximum atomic E-state index is 7.15. The lowest BCUT2D eigenvalue weighted by atomic mass is 9.96. The molecular weight excluding hydrogens is 1040 g/mol. The standard InChI is InChI=1S/C79H42N2O4/c1-41-15-17-44(18-16-41)48-37-62-52-25-29-56-50-11-5-7-13-66(50)82-76(56)72(52)80-70(62)63(38-48)54-27-31-58-60-35-46(23-33-68(60)84-78(58)74(54)80)47-24-34-69-61(36-47)59-32-28-55-65-40-49(45-21-19-43(20-22-45)42-9-3-2-4-10-42)39-64-53-26-30-57-51-12-6-8-14-67(51)83-77(57)73(53)81(71(64)65)75(55)79(59)85-69/h2-40H,1H3. The van der Waals surface area contributed by atoms with Crippen LogP contribution in [0.25, 0.3) is 208 Å². The maximum Gasteiger partial charge on any atom is 0.160 e. The topological polar surface area (TPSA) is 61.4 Å². The average Bonchev–Trinajstić information content (AvgIpc) is 1.66. The van der Waals surface area contributed by atoms with Crippen LogP contribution in [-0.4, -0.2) is 8.80 Å². The zero-order valence-corrected chi connectivity index (χ0v) is 45.5. The Hall–Kier alpha value is -11.3. The fraction of sp³-hybridized carbons (Fsp3) is 0.0127. The second-order valence-electron chi connectivity index (χ2n) is 23.5. The highest BCUT2D eigenvalue weighted by atomic mass is 16.3. The van der Waals surface area contributed by atoms with Crippen LogP contribution in [0.2, 0.25) is 0 Å². The van der Waals surface area contributed by atoms with Gasteiger partial charge in [0.15, 0.2) is 22.3 Å². The molecule has 0 aliphatic heterocycles. The molecule has 6 nitrogen and oxygen atoms in total. The van der Waals surface area contributed by atoms with E-state index in [9.17, 15) is 0 Å². The van der Waals surface area contributed by atoms with E-state index in [2.05, 4.69) is 240 Å². The maximum absolute atomic E-state index is 7.15. The molecule has 8 heterocycles. The molecule has 21 aromatic rings. The monoisotopic (exact) mass is 1080 g/mol. The SMILES string of the molecule is Cc1ccc(-c2cc3c4ccc5c6ccccc6oc5c4n4c3c(c2)c2ccc3c5cc(-c6ccc7oc8c(ccc9c%10cc(-c%11ccc(-c%12ccccc%12)cc%11)cc%11c%12ccc%13c%14ccccc%14oc%13c%12n(c%11%10)c98)c7c6)ccc5oc3c24)cc1. The highest BCUT2D eigenvalue weighted by molar-refractivity contribution is 6.34. The number of aryl methyl sites for hydroxylation is 1. The first-order chi connectivity index (χ1) is 42.0. The van der Waals surface area contributed by atoms with Gasteiger partial charge in [-0.3, -0.25) is 0 Å². The summed E-state index contributed by atoms with van der Waals surface area (Å²) in [7, 11) is 0. The summed E-state index contributed by atoms with van der Waals surface area (Å²) in [6.07, 6.45) is 0. The Morgan fingerprint density at radius 2 is 0.494 bits per heavy atom. The minimum Gasteiger partial charge on any atom is -0.454 e. The van der Waals surface area contributed by atoms with Crippen molar-refractivity contribution in [2.24, 2.45) is 0 Å². The Labute approximate surface area is 481 Å². The van der Waals surface area contributed by atoms with Gasteiger partial charge in [-0.25, -0.2) is 0 Å². The molecular formula is C79H42N2O4. The van der Waals surface area contributed by atoms with E-state index >= 15 is 0 Å². The highest BCUT2D eigenvalue weighted by Crippen LogP contribution is 2.51. The van der Waals surface area contributed by atoms with Crippen LogP contribution in [0, 0.1) is 6.92 Å². The van der Waals surface area contributed by atoms with Crippen LogP contribution in [-0.2, 0) is 0 Å². The Balaban J connectivity index is 0.769. The zero-order valence-electron chi connectivity index (χ0n) is 45.5. The van der Waals surface area contributed by atoms with Crippen LogP contribution >= 0.6 is 0 Å². The Kier molecular flexibility index (Phi) is 8.14. The molecule has 6 heteroatoms. The summed E-state index contributed by atoms with van der Waals surface area (Å²) in [4.78, 5) is 0. The van der Waals surface area contributed by atoms with Crippen molar-refractivity contribution in [2.45, 2.75) is 6.92 Å². The molecule has 0 radical (unpaired) electrons. The number of fused-ring (bicyclic) bond motifs is 28. The minimum atomic E-state index is 0.836. The first-order valence-electron chi connectivity index (χ1n) is 29.1. The fourth-order valence-corrected chi connectivity index (χ4v) is 15.1. The fourth-order valence-electron chi connectivity index (χ4n) is 15.1. The largest absolute Gasteiger partial charge is 0.454 e. The van der Waals surface area contributed by atoms with Gasteiger partial charge in [-0.15, -0.1) is 0 Å². The first kappa shape index (κ1) is 44.3. The van der Waals surface area contributed by atoms with Gasteiger partial charge in [-0.1, -0.05) is 157 Å². The van der Waals surface area contributed by atoms with E-state index in [-0.39, 0.29) is 0 Å². The van der Waals surface area contributed by atoms with Gasteiger partial charge in [0.25, 0.3) is 0 Å². The van der Waals surface area contributed by atoms with Crippen LogP contribution in [0.1, 0.15) is 5.56 Å². The van der Waals surface area contributed by atoms with Crippen molar-refractivity contribution in [3.8, 4) is 44.5 Å². The summed E-state index contributed by atoms with van der Waals surface area (Å²) >= 11 is 0. The van der Waals surface area contributed by atoms with Gasteiger partial charge in [-0.05, 0) is 136 Å². The summed E-state index contributed by atoms with van der Waals surface area (Å²) in [6, 6.07) is 86.1. The number of benzene rings is 13. The lowest BCUT2D eigenvalue weighted by molar-refractivity contribution is 0.669. The lowest BCUT2D eigenvalue weighted by Gasteiger charge is -2.07. The van der Waals surface area contributed by atoms with Gasteiger partial charge >= 0.3 is 0 Å². The number of hydrogen-bond donors (Lipinski definition) is 0. The van der Waals surface area contributed by atoms with E-state index in [4.69, 9.17) is 17.7 Å². The summed E-state index contributed by atoms with van der Waals surface area (Å²) in [5.41, 5.74) is 23.9. The predicted molar refractivity (Wildman–Crippen MR) is 351 cm³/mol. The molecule has 392 valence electrons. The second-order valence-corrected chi connectivity index (χ2v) is 23.5. The number of para-hydroxylation sites is 2. The molecule has 0 atom stereocenters. The Bertz CT molecular complexity index is 6500. The number of furan rings is 4. The summed E-state index contributed by atoms with van der Waals surface area (Å²) in [5, 5.41) is 18.0. The molecule has 0 aliphatic carbocycles. The molecule has 13 aromatic carbocycles. The highest BCUT2D eigenvalue weighted by Gasteiger charge is 2.28. The third kappa shape index (κ3) is 5.68. The second kappa shape index (κ2) is 15.6. The zero-order chi connectivity index (χ0) is 55.1. The third-order valence-corrected chi connectivity index (χ3v) is 19.0. The molecule has 0 fully saturated rings. The third-order valence-electron chi connectivity index (χ3n) is 19.0. The van der Waals surface area contributed by atoms with Gasteiger partial charge in [0.1, 0.15) is 22.3 Å². The molecule has 0 spiro atoms. The van der Waals surface area contributed by atoms with Gasteiger partial charge in [0, 0.05) is 86.2 Å². The van der Waals surface area contributed by atoms with Crippen LogP contribution in [0.3, 0.4) is 0 Å². The van der Waals surface area contributed by atoms with Crippen molar-refractivity contribution in [1.29, 1.82) is 0 Å². The summed E-state index contributed by atoms with van der Waals surface area (Å²) in [6.45, 7) is 2.14. The molecule has 0 saturated heterocycles. The van der Waals surface area contributed by atoms with Crippen LogP contribution in [0.4, 0.5) is 0 Å². The van der Waals surface area contributed by atoms with Gasteiger partial charge in [-0.2, -0.15) is 0 Å². The summed E-state index contributed by atoms with van der Waals surface area (Å²) < 4.78 is 32.9. The Morgan fingerprint density at radius 1 is 0.200 bits per heavy atom. The van der Waals surface area contributed by atoms with E-state index in [0.717, 1.165) is 154 Å². The molecule has 8 aromatic heterocycles. The van der Waals surface area contributed by atoms with Crippen molar-refractivity contribution in [2.75, 3.05) is 0 Å². The van der Waals surface area contributed by atoms with E-state index in [1.165, 1.54) is 60.4 Å². The minimum absolute atomic E-state index is 0.836. The molecule has 85 heavy (non-hydrogen) atoms. The molecule has 0 saturated carbocycles. The van der Waals surface area contributed by atoms with Crippen molar-refractivity contribution in [3.63, 3.8) is 0 Å².